The SMILES string of the molecule is CCCCOC(=O)N1CCC(Oc2cc[n+](Cc3ccccc3)cc2)CC1. The fourth-order valence-electron chi connectivity index (χ4n) is 3.17. The van der Waals surface area contributed by atoms with Crippen LogP contribution in [0.4, 0.5) is 4.79 Å². The number of rotatable bonds is 7. The quantitative estimate of drug-likeness (QED) is 0.551. The summed E-state index contributed by atoms with van der Waals surface area (Å²) in [6.45, 7) is 4.83. The molecule has 144 valence electrons. The molecular weight excluding hydrogens is 340 g/mol. The van der Waals surface area contributed by atoms with Gasteiger partial charge in [-0.1, -0.05) is 43.7 Å². The van der Waals surface area contributed by atoms with Crippen molar-refractivity contribution in [2.45, 2.75) is 45.3 Å². The highest BCUT2D eigenvalue weighted by molar-refractivity contribution is 5.67. The Balaban J connectivity index is 1.43. The van der Waals surface area contributed by atoms with Crippen LogP contribution in [0.3, 0.4) is 0 Å². The molecule has 0 unspecified atom stereocenters. The van der Waals surface area contributed by atoms with E-state index in [0.29, 0.717) is 19.7 Å². The highest BCUT2D eigenvalue weighted by atomic mass is 16.6. The van der Waals surface area contributed by atoms with Crippen molar-refractivity contribution in [1.29, 1.82) is 0 Å². The zero-order valence-electron chi connectivity index (χ0n) is 16.0. The molecule has 5 nitrogen and oxygen atoms in total. The van der Waals surface area contributed by atoms with Crippen LogP contribution >= 0.6 is 0 Å². The first-order valence-corrected chi connectivity index (χ1v) is 9.86. The normalized spacial score (nSPS) is 14.8. The Kier molecular flexibility index (Phi) is 7.08. The predicted octanol–water partition coefficient (Wildman–Crippen LogP) is 3.80. The molecule has 27 heavy (non-hydrogen) atoms. The molecule has 1 aromatic heterocycles. The number of carbonyl (C=O) groups excluding carboxylic acids is 1. The van der Waals surface area contributed by atoms with Gasteiger partial charge in [0.15, 0.2) is 18.9 Å². The number of piperidine rings is 1. The van der Waals surface area contributed by atoms with Crippen LogP contribution in [0, 0.1) is 0 Å². The number of benzene rings is 1. The Hall–Kier alpha value is -2.56. The van der Waals surface area contributed by atoms with Crippen LogP contribution in [0.15, 0.2) is 54.9 Å². The van der Waals surface area contributed by atoms with Gasteiger partial charge in [0.1, 0.15) is 11.9 Å². The maximum atomic E-state index is 12.0. The van der Waals surface area contributed by atoms with Crippen molar-refractivity contribution in [2.24, 2.45) is 0 Å². The monoisotopic (exact) mass is 369 g/mol. The second-order valence-corrected chi connectivity index (χ2v) is 6.96. The first-order valence-electron chi connectivity index (χ1n) is 9.86. The second kappa shape index (κ2) is 9.95. The first-order chi connectivity index (χ1) is 13.2. The molecule has 0 bridgehead atoms. The third-order valence-electron chi connectivity index (χ3n) is 4.79. The molecule has 0 saturated carbocycles. The Morgan fingerprint density at radius 3 is 2.48 bits per heavy atom. The highest BCUT2D eigenvalue weighted by Gasteiger charge is 2.25. The van der Waals surface area contributed by atoms with E-state index in [-0.39, 0.29) is 12.2 Å². The molecule has 1 saturated heterocycles. The van der Waals surface area contributed by atoms with Gasteiger partial charge in [0, 0.05) is 43.6 Å². The van der Waals surface area contributed by atoms with Crippen molar-refractivity contribution < 1.29 is 18.8 Å². The van der Waals surface area contributed by atoms with Crippen LogP contribution in [0.5, 0.6) is 5.75 Å². The number of amides is 1. The minimum atomic E-state index is -0.191. The molecule has 3 rings (SSSR count). The summed E-state index contributed by atoms with van der Waals surface area (Å²) in [6, 6.07) is 14.4. The predicted molar refractivity (Wildman–Crippen MR) is 104 cm³/mol. The fraction of sp³-hybridized carbons (Fsp3) is 0.455. The van der Waals surface area contributed by atoms with Crippen LogP contribution in [-0.2, 0) is 11.3 Å². The molecule has 0 spiro atoms. The van der Waals surface area contributed by atoms with Crippen molar-refractivity contribution in [2.75, 3.05) is 19.7 Å². The topological polar surface area (TPSA) is 42.6 Å². The summed E-state index contributed by atoms with van der Waals surface area (Å²) in [7, 11) is 0. The molecule has 0 aliphatic carbocycles. The van der Waals surface area contributed by atoms with Gasteiger partial charge in [0.05, 0.1) is 6.61 Å². The van der Waals surface area contributed by atoms with E-state index in [1.807, 2.05) is 30.6 Å². The van der Waals surface area contributed by atoms with Gasteiger partial charge in [-0.15, -0.1) is 0 Å². The number of ether oxygens (including phenoxy) is 2. The summed E-state index contributed by atoms with van der Waals surface area (Å²) in [4.78, 5) is 13.8. The third-order valence-corrected chi connectivity index (χ3v) is 4.79. The Labute approximate surface area is 161 Å². The van der Waals surface area contributed by atoms with Gasteiger partial charge < -0.3 is 14.4 Å². The molecule has 0 N–H and O–H groups in total. The Morgan fingerprint density at radius 2 is 1.81 bits per heavy atom. The van der Waals surface area contributed by atoms with Crippen molar-refractivity contribution in [1.82, 2.24) is 4.90 Å². The summed E-state index contributed by atoms with van der Waals surface area (Å²) < 4.78 is 13.5. The van der Waals surface area contributed by atoms with E-state index in [9.17, 15) is 4.79 Å². The van der Waals surface area contributed by atoms with Gasteiger partial charge in [-0.2, -0.15) is 0 Å². The van der Waals surface area contributed by atoms with Crippen LogP contribution in [0.2, 0.25) is 0 Å². The molecule has 1 fully saturated rings. The molecule has 2 aromatic rings. The highest BCUT2D eigenvalue weighted by Crippen LogP contribution is 2.18. The molecule has 0 atom stereocenters. The lowest BCUT2D eigenvalue weighted by Gasteiger charge is -2.31. The summed E-state index contributed by atoms with van der Waals surface area (Å²) >= 11 is 0. The summed E-state index contributed by atoms with van der Waals surface area (Å²) in [5.74, 6) is 0.878. The zero-order chi connectivity index (χ0) is 18.9. The molecule has 1 amide bonds. The Morgan fingerprint density at radius 1 is 1.11 bits per heavy atom. The minimum absolute atomic E-state index is 0.148. The maximum absolute atomic E-state index is 12.0. The molecule has 2 heterocycles. The van der Waals surface area contributed by atoms with Gasteiger partial charge in [-0.3, -0.25) is 0 Å². The summed E-state index contributed by atoms with van der Waals surface area (Å²) in [6.07, 6.45) is 7.67. The number of pyridine rings is 1. The molecule has 0 radical (unpaired) electrons. The van der Waals surface area contributed by atoms with E-state index in [0.717, 1.165) is 38.0 Å². The second-order valence-electron chi connectivity index (χ2n) is 6.96. The van der Waals surface area contributed by atoms with Gasteiger partial charge >= 0.3 is 6.09 Å². The number of nitrogens with zero attached hydrogens (tertiary/aromatic N) is 2. The van der Waals surface area contributed by atoms with Crippen LogP contribution < -0.4 is 9.30 Å². The molecule has 5 heteroatoms. The largest absolute Gasteiger partial charge is 0.490 e. The molecule has 1 aliphatic rings. The van der Waals surface area contributed by atoms with Gasteiger partial charge in [-0.05, 0) is 6.42 Å². The van der Waals surface area contributed by atoms with E-state index in [1.165, 1.54) is 5.56 Å². The van der Waals surface area contributed by atoms with E-state index in [4.69, 9.17) is 9.47 Å². The van der Waals surface area contributed by atoms with Gasteiger partial charge in [0.25, 0.3) is 0 Å². The van der Waals surface area contributed by atoms with Crippen molar-refractivity contribution >= 4 is 6.09 Å². The van der Waals surface area contributed by atoms with E-state index in [2.05, 4.69) is 35.8 Å². The summed E-state index contributed by atoms with van der Waals surface area (Å²) in [5.41, 5.74) is 1.27. The average molecular weight is 369 g/mol. The van der Waals surface area contributed by atoms with E-state index < -0.39 is 0 Å². The van der Waals surface area contributed by atoms with E-state index in [1.54, 1.807) is 4.90 Å². The van der Waals surface area contributed by atoms with Crippen LogP contribution in [-0.4, -0.2) is 36.8 Å². The Bertz CT molecular complexity index is 695. The van der Waals surface area contributed by atoms with E-state index >= 15 is 0 Å². The van der Waals surface area contributed by atoms with Crippen LogP contribution in [0.25, 0.3) is 0 Å². The van der Waals surface area contributed by atoms with Crippen molar-refractivity contribution in [3.8, 4) is 5.75 Å². The van der Waals surface area contributed by atoms with Crippen molar-refractivity contribution in [3.63, 3.8) is 0 Å². The van der Waals surface area contributed by atoms with Crippen LogP contribution in [0.1, 0.15) is 38.2 Å². The fourth-order valence-corrected chi connectivity index (χ4v) is 3.17. The molecule has 1 aliphatic heterocycles. The number of unbranched alkanes of at least 4 members (excludes halogenated alkanes) is 1. The first kappa shape index (κ1) is 19.2. The summed E-state index contributed by atoms with van der Waals surface area (Å²) in [5, 5.41) is 0. The number of carbonyl (C=O) groups is 1. The lowest BCUT2D eigenvalue weighted by Crippen LogP contribution is -2.42. The average Bonchev–Trinajstić information content (AvgIpc) is 2.71. The minimum Gasteiger partial charge on any atom is -0.490 e. The lowest BCUT2D eigenvalue weighted by molar-refractivity contribution is -0.688. The zero-order valence-corrected chi connectivity index (χ0v) is 16.0. The number of aromatic nitrogens is 1. The number of likely N-dealkylation sites (tertiary alicyclic amines) is 1. The maximum Gasteiger partial charge on any atom is 0.409 e. The lowest BCUT2D eigenvalue weighted by atomic mass is 10.1. The van der Waals surface area contributed by atoms with Crippen molar-refractivity contribution in [3.05, 3.63) is 60.4 Å². The standard InChI is InChI=1S/C22H29N2O3/c1-2-3-17-26-22(25)24-15-11-21(12-16-24)27-20-9-13-23(14-10-20)18-19-7-5-4-6-8-19/h4-10,13-14,21H,2-3,11-12,15-18H2,1H3/q+1. The van der Waals surface area contributed by atoms with Gasteiger partial charge in [-0.25, -0.2) is 9.36 Å². The smallest absolute Gasteiger partial charge is 0.409 e. The van der Waals surface area contributed by atoms with Gasteiger partial charge in [0.2, 0.25) is 0 Å². The number of hydrogen-bond donors (Lipinski definition) is 0. The molecule has 1 aromatic carbocycles. The third kappa shape index (κ3) is 5.98. The number of hydrogen-bond acceptors (Lipinski definition) is 3. The molecular formula is C22H29N2O3+.